The number of carbonyl (C=O) groups is 1. The van der Waals surface area contributed by atoms with Gasteiger partial charge in [0.15, 0.2) is 0 Å². The first-order valence-electron chi connectivity index (χ1n) is 7.13. The van der Waals surface area contributed by atoms with Crippen molar-refractivity contribution in [3.63, 3.8) is 0 Å². The molecule has 0 radical (unpaired) electrons. The summed E-state index contributed by atoms with van der Waals surface area (Å²) in [6.45, 7) is 0. The molecule has 1 fully saturated rings. The number of aromatic nitrogens is 3. The Balaban J connectivity index is 1.70. The van der Waals surface area contributed by atoms with E-state index in [0.717, 1.165) is 35.0 Å². The van der Waals surface area contributed by atoms with Crippen LogP contribution in [-0.4, -0.2) is 20.7 Å². The van der Waals surface area contributed by atoms with Crippen molar-refractivity contribution in [2.24, 2.45) is 7.05 Å². The van der Waals surface area contributed by atoms with E-state index in [2.05, 4.69) is 15.4 Å². The second kappa shape index (κ2) is 4.48. The highest BCUT2D eigenvalue weighted by molar-refractivity contribution is 6.08. The van der Waals surface area contributed by atoms with Crippen molar-refractivity contribution < 1.29 is 4.79 Å². The summed E-state index contributed by atoms with van der Waals surface area (Å²) < 4.78 is 1.67. The van der Waals surface area contributed by atoms with Gasteiger partial charge in [0.1, 0.15) is 5.69 Å². The Bertz CT molecular complexity index is 826. The normalized spacial score (nSPS) is 14.5. The third-order valence-electron chi connectivity index (χ3n) is 4.04. The largest absolute Gasteiger partial charge is 0.361 e. The average molecular weight is 280 g/mol. The highest BCUT2D eigenvalue weighted by atomic mass is 16.2. The molecule has 1 amide bonds. The second-order valence-corrected chi connectivity index (χ2v) is 5.55. The summed E-state index contributed by atoms with van der Waals surface area (Å²) in [5.41, 5.74) is 3.57. The number of fused-ring (bicyclic) bond motifs is 1. The highest BCUT2D eigenvalue weighted by Crippen LogP contribution is 2.41. The van der Waals surface area contributed by atoms with Gasteiger partial charge in [0.2, 0.25) is 0 Å². The van der Waals surface area contributed by atoms with Gasteiger partial charge in [-0.25, -0.2) is 0 Å². The topological polar surface area (TPSA) is 62.7 Å². The zero-order valence-electron chi connectivity index (χ0n) is 11.8. The minimum absolute atomic E-state index is 0.0920. The Labute approximate surface area is 122 Å². The van der Waals surface area contributed by atoms with Crippen LogP contribution < -0.4 is 5.32 Å². The van der Waals surface area contributed by atoms with E-state index >= 15 is 0 Å². The molecule has 21 heavy (non-hydrogen) atoms. The first kappa shape index (κ1) is 12.2. The third kappa shape index (κ3) is 2.01. The first-order valence-corrected chi connectivity index (χ1v) is 7.13. The Kier molecular flexibility index (Phi) is 2.60. The maximum atomic E-state index is 12.6. The molecule has 1 aromatic carbocycles. The minimum Gasteiger partial charge on any atom is -0.361 e. The lowest BCUT2D eigenvalue weighted by molar-refractivity contribution is 0.101. The highest BCUT2D eigenvalue weighted by Gasteiger charge is 2.30. The van der Waals surface area contributed by atoms with Gasteiger partial charge in [-0.3, -0.25) is 9.48 Å². The molecule has 0 bridgehead atoms. The number of anilines is 1. The monoisotopic (exact) mass is 280 g/mol. The standard InChI is InChI=1S/C16H16N4O/c1-20-15(12(9-18-20)10-5-6-10)16(21)19-14-4-2-3-13-11(14)7-8-17-13/h2-4,7-10,17H,5-6H2,1H3,(H,19,21). The Morgan fingerprint density at radius 2 is 2.24 bits per heavy atom. The fourth-order valence-electron chi connectivity index (χ4n) is 2.80. The lowest BCUT2D eigenvalue weighted by atomic mass is 10.1. The van der Waals surface area contributed by atoms with Crippen molar-refractivity contribution in [3.8, 4) is 0 Å². The van der Waals surface area contributed by atoms with Crippen LogP contribution in [0.1, 0.15) is 34.8 Å². The summed E-state index contributed by atoms with van der Waals surface area (Å²) in [7, 11) is 1.82. The molecular formula is C16H16N4O. The number of nitrogens with zero attached hydrogens (tertiary/aromatic N) is 2. The van der Waals surface area contributed by atoms with E-state index in [4.69, 9.17) is 0 Å². The maximum Gasteiger partial charge on any atom is 0.274 e. The number of nitrogens with one attached hydrogen (secondary N) is 2. The van der Waals surface area contributed by atoms with Crippen molar-refractivity contribution in [1.29, 1.82) is 0 Å². The molecule has 2 N–H and O–H groups in total. The summed E-state index contributed by atoms with van der Waals surface area (Å²) in [6, 6.07) is 7.81. The van der Waals surface area contributed by atoms with Crippen molar-refractivity contribution in [1.82, 2.24) is 14.8 Å². The van der Waals surface area contributed by atoms with E-state index in [1.807, 2.05) is 43.7 Å². The predicted molar refractivity (Wildman–Crippen MR) is 81.4 cm³/mol. The molecule has 0 aliphatic heterocycles. The Morgan fingerprint density at radius 1 is 1.38 bits per heavy atom. The lowest BCUT2D eigenvalue weighted by Crippen LogP contribution is -2.17. The molecule has 2 heterocycles. The van der Waals surface area contributed by atoms with E-state index in [0.29, 0.717) is 11.6 Å². The quantitative estimate of drug-likeness (QED) is 0.774. The maximum absolute atomic E-state index is 12.6. The molecule has 0 atom stereocenters. The molecule has 0 unspecified atom stereocenters. The third-order valence-corrected chi connectivity index (χ3v) is 4.04. The number of amides is 1. The molecule has 0 spiro atoms. The van der Waals surface area contributed by atoms with Crippen LogP contribution in [-0.2, 0) is 7.05 Å². The second-order valence-electron chi connectivity index (χ2n) is 5.55. The zero-order valence-corrected chi connectivity index (χ0v) is 11.8. The van der Waals surface area contributed by atoms with Crippen molar-refractivity contribution in [2.45, 2.75) is 18.8 Å². The van der Waals surface area contributed by atoms with Gasteiger partial charge in [-0.1, -0.05) is 6.07 Å². The van der Waals surface area contributed by atoms with Crippen LogP contribution in [0.25, 0.3) is 10.9 Å². The number of aromatic amines is 1. The van der Waals surface area contributed by atoms with Gasteiger partial charge in [-0.2, -0.15) is 5.10 Å². The van der Waals surface area contributed by atoms with Gasteiger partial charge >= 0.3 is 0 Å². The van der Waals surface area contributed by atoms with Crippen molar-refractivity contribution in [3.05, 3.63) is 47.9 Å². The van der Waals surface area contributed by atoms with Gasteiger partial charge < -0.3 is 10.3 Å². The molecule has 1 saturated carbocycles. The summed E-state index contributed by atoms with van der Waals surface area (Å²) in [5.74, 6) is 0.410. The van der Waals surface area contributed by atoms with Gasteiger partial charge in [0, 0.05) is 29.7 Å². The number of aryl methyl sites for hydroxylation is 1. The van der Waals surface area contributed by atoms with E-state index in [1.54, 1.807) is 4.68 Å². The van der Waals surface area contributed by atoms with Crippen LogP contribution in [0.4, 0.5) is 5.69 Å². The number of carbonyl (C=O) groups excluding carboxylic acids is 1. The molecule has 106 valence electrons. The predicted octanol–water partition coefficient (Wildman–Crippen LogP) is 3.03. The molecule has 4 rings (SSSR count). The van der Waals surface area contributed by atoms with Gasteiger partial charge in [-0.15, -0.1) is 0 Å². The SMILES string of the molecule is Cn1ncc(C2CC2)c1C(=O)Nc1cccc2[nH]ccc12. The van der Waals surface area contributed by atoms with E-state index < -0.39 is 0 Å². The smallest absolute Gasteiger partial charge is 0.274 e. The Morgan fingerprint density at radius 3 is 3.05 bits per heavy atom. The molecule has 0 saturated heterocycles. The molecule has 5 heteroatoms. The summed E-state index contributed by atoms with van der Waals surface area (Å²) in [6.07, 6.45) is 6.00. The van der Waals surface area contributed by atoms with Crippen molar-refractivity contribution >= 4 is 22.5 Å². The van der Waals surface area contributed by atoms with E-state index in [9.17, 15) is 4.79 Å². The molecular weight excluding hydrogens is 264 g/mol. The van der Waals surface area contributed by atoms with Crippen LogP contribution in [0.15, 0.2) is 36.7 Å². The van der Waals surface area contributed by atoms with Crippen LogP contribution in [0.3, 0.4) is 0 Å². The first-order chi connectivity index (χ1) is 10.2. The minimum atomic E-state index is -0.0920. The molecule has 5 nitrogen and oxygen atoms in total. The number of hydrogen-bond donors (Lipinski definition) is 2. The zero-order chi connectivity index (χ0) is 14.4. The Hall–Kier alpha value is -2.56. The molecule has 1 aliphatic carbocycles. The number of rotatable bonds is 3. The van der Waals surface area contributed by atoms with Gasteiger partial charge in [0.25, 0.3) is 5.91 Å². The summed E-state index contributed by atoms with van der Waals surface area (Å²) in [5, 5.41) is 8.27. The van der Waals surface area contributed by atoms with Crippen LogP contribution in [0.2, 0.25) is 0 Å². The summed E-state index contributed by atoms with van der Waals surface area (Å²) in [4.78, 5) is 15.8. The molecule has 2 aromatic heterocycles. The number of H-pyrrole nitrogens is 1. The van der Waals surface area contributed by atoms with Crippen LogP contribution >= 0.6 is 0 Å². The van der Waals surface area contributed by atoms with Gasteiger partial charge in [0.05, 0.1) is 11.9 Å². The van der Waals surface area contributed by atoms with Crippen LogP contribution in [0.5, 0.6) is 0 Å². The molecule has 3 aromatic rings. The van der Waals surface area contributed by atoms with E-state index in [-0.39, 0.29) is 5.91 Å². The number of hydrogen-bond acceptors (Lipinski definition) is 2. The summed E-state index contributed by atoms with van der Waals surface area (Å²) >= 11 is 0. The van der Waals surface area contributed by atoms with Crippen LogP contribution in [0, 0.1) is 0 Å². The van der Waals surface area contributed by atoms with Crippen molar-refractivity contribution in [2.75, 3.05) is 5.32 Å². The fourth-order valence-corrected chi connectivity index (χ4v) is 2.80. The van der Waals surface area contributed by atoms with Gasteiger partial charge in [-0.05, 0) is 37.0 Å². The lowest BCUT2D eigenvalue weighted by Gasteiger charge is -2.08. The average Bonchev–Trinajstić information content (AvgIpc) is 3.06. The van der Waals surface area contributed by atoms with E-state index in [1.165, 1.54) is 0 Å². The number of benzene rings is 1. The fraction of sp³-hybridized carbons (Fsp3) is 0.250. The molecule has 1 aliphatic rings.